The van der Waals surface area contributed by atoms with Crippen molar-refractivity contribution in [3.8, 4) is 0 Å². The monoisotopic (exact) mass is 426 g/mol. The van der Waals surface area contributed by atoms with Crippen molar-refractivity contribution in [2.75, 3.05) is 0 Å². The summed E-state index contributed by atoms with van der Waals surface area (Å²) in [6, 6.07) is 4.13. The molecule has 160 valence electrons. The second kappa shape index (κ2) is 7.68. The summed E-state index contributed by atoms with van der Waals surface area (Å²) in [5.74, 6) is -0.469. The molecule has 1 aliphatic rings. The van der Waals surface area contributed by atoms with Gasteiger partial charge < -0.3 is 5.32 Å². The maximum absolute atomic E-state index is 14.3. The van der Waals surface area contributed by atoms with Crippen molar-refractivity contribution >= 4 is 5.69 Å². The van der Waals surface area contributed by atoms with Crippen LogP contribution in [0, 0.1) is 23.0 Å². The second-order valence-electron chi connectivity index (χ2n) is 6.78. The zero-order valence-electron chi connectivity index (χ0n) is 15.3. The number of nitrogens with one attached hydrogen (secondary N) is 1. The number of nitro groups is 1. The molecule has 0 saturated heterocycles. The van der Waals surface area contributed by atoms with Crippen LogP contribution >= 0.6 is 0 Å². The third-order valence-corrected chi connectivity index (χ3v) is 4.67. The molecular formula is C18H17F7N2O2. The van der Waals surface area contributed by atoms with Crippen LogP contribution in [-0.2, 0) is 6.54 Å². The highest BCUT2D eigenvalue weighted by atomic mass is 19.4. The molecule has 0 bridgehead atoms. The number of allylic oxidation sites excluding steroid dienone is 4. The lowest BCUT2D eigenvalue weighted by molar-refractivity contribution is -0.385. The molecule has 4 nitrogen and oxygen atoms in total. The van der Waals surface area contributed by atoms with Gasteiger partial charge in [-0.2, -0.15) is 26.3 Å². The van der Waals surface area contributed by atoms with E-state index in [1.807, 2.05) is 0 Å². The third kappa shape index (κ3) is 4.38. The quantitative estimate of drug-likeness (QED) is 0.375. The fourth-order valence-electron chi connectivity index (χ4n) is 2.99. The maximum atomic E-state index is 14.3. The van der Waals surface area contributed by atoms with Crippen molar-refractivity contribution in [1.29, 1.82) is 0 Å². The van der Waals surface area contributed by atoms with Gasteiger partial charge in [-0.3, -0.25) is 10.1 Å². The number of nitrogens with zero attached hydrogens (tertiary/aromatic N) is 1. The van der Waals surface area contributed by atoms with E-state index in [2.05, 4.69) is 5.32 Å². The van der Waals surface area contributed by atoms with Crippen molar-refractivity contribution in [3.63, 3.8) is 0 Å². The SMILES string of the molecule is Cc1cc(CNC2=CC(C(F)(C(F)(F)F)C(F)(F)F)=CC[C@H]2C)ccc1[N+](=O)[O-]. The Morgan fingerprint density at radius 2 is 1.72 bits per heavy atom. The number of alkyl halides is 7. The van der Waals surface area contributed by atoms with Gasteiger partial charge in [-0.05, 0) is 37.0 Å². The normalized spacial score (nSPS) is 18.2. The van der Waals surface area contributed by atoms with Crippen molar-refractivity contribution in [2.45, 2.75) is 44.8 Å². The number of hydrogen-bond donors (Lipinski definition) is 1. The van der Waals surface area contributed by atoms with Crippen LogP contribution in [0.2, 0.25) is 0 Å². The van der Waals surface area contributed by atoms with Gasteiger partial charge in [0.25, 0.3) is 5.69 Å². The molecule has 29 heavy (non-hydrogen) atoms. The minimum absolute atomic E-state index is 0.00836. The molecule has 0 spiro atoms. The number of nitro benzene ring substituents is 1. The Kier molecular flexibility index (Phi) is 6.01. The second-order valence-corrected chi connectivity index (χ2v) is 6.78. The van der Waals surface area contributed by atoms with Crippen LogP contribution in [0.3, 0.4) is 0 Å². The predicted octanol–water partition coefficient (Wildman–Crippen LogP) is 5.68. The first kappa shape index (κ1) is 22.7. The fourth-order valence-corrected chi connectivity index (χ4v) is 2.99. The van der Waals surface area contributed by atoms with E-state index in [0.29, 0.717) is 23.3 Å². The number of rotatable bonds is 5. The smallest absolute Gasteiger partial charge is 0.384 e. The van der Waals surface area contributed by atoms with Gasteiger partial charge in [0, 0.05) is 29.4 Å². The first-order chi connectivity index (χ1) is 13.2. The first-order valence-electron chi connectivity index (χ1n) is 8.41. The van der Waals surface area contributed by atoms with Crippen LogP contribution in [0.15, 0.2) is 41.6 Å². The molecule has 0 aliphatic heterocycles. The molecule has 0 unspecified atom stereocenters. The minimum atomic E-state index is -6.17. The van der Waals surface area contributed by atoms with Gasteiger partial charge in [0.1, 0.15) is 0 Å². The standard InChI is InChI=1S/C18H17F7N2O2/c1-10-3-5-13(16(19,17(20,21)22)18(23,24)25)8-14(10)26-9-12-4-6-15(27(28)29)11(2)7-12/h4-8,10,26H,3,9H2,1-2H3/t10-/m1/s1. The molecule has 1 atom stereocenters. The molecule has 1 aromatic rings. The van der Waals surface area contributed by atoms with Gasteiger partial charge in [-0.15, -0.1) is 0 Å². The van der Waals surface area contributed by atoms with E-state index < -0.39 is 34.4 Å². The van der Waals surface area contributed by atoms with E-state index in [0.717, 1.165) is 0 Å². The molecule has 1 N–H and O–H groups in total. The lowest BCUT2D eigenvalue weighted by Crippen LogP contribution is -2.54. The topological polar surface area (TPSA) is 55.2 Å². The summed E-state index contributed by atoms with van der Waals surface area (Å²) >= 11 is 0. The zero-order chi connectivity index (χ0) is 22.2. The van der Waals surface area contributed by atoms with Gasteiger partial charge in [-0.25, -0.2) is 4.39 Å². The van der Waals surface area contributed by atoms with E-state index in [9.17, 15) is 40.8 Å². The Balaban J connectivity index is 2.29. The Hall–Kier alpha value is -2.59. The van der Waals surface area contributed by atoms with E-state index in [4.69, 9.17) is 0 Å². The van der Waals surface area contributed by atoms with Gasteiger partial charge in [0.05, 0.1) is 4.92 Å². The number of benzene rings is 1. The molecule has 11 heteroatoms. The molecule has 0 heterocycles. The zero-order valence-corrected chi connectivity index (χ0v) is 15.3. The Morgan fingerprint density at radius 1 is 1.14 bits per heavy atom. The molecule has 0 radical (unpaired) electrons. The summed E-state index contributed by atoms with van der Waals surface area (Å²) in [4.78, 5) is 10.2. The number of halogens is 7. The molecule has 1 aliphatic carbocycles. The van der Waals surface area contributed by atoms with E-state index >= 15 is 0 Å². The van der Waals surface area contributed by atoms with Crippen LogP contribution in [0.1, 0.15) is 24.5 Å². The van der Waals surface area contributed by atoms with Crippen LogP contribution in [0.4, 0.5) is 36.4 Å². The number of hydrogen-bond acceptors (Lipinski definition) is 3. The molecular weight excluding hydrogens is 409 g/mol. The van der Waals surface area contributed by atoms with Gasteiger partial charge in [-0.1, -0.05) is 19.1 Å². The molecule has 0 saturated carbocycles. The highest BCUT2D eigenvalue weighted by Crippen LogP contribution is 2.52. The summed E-state index contributed by atoms with van der Waals surface area (Å²) in [6.07, 6.45) is -11.4. The molecule has 2 rings (SSSR count). The summed E-state index contributed by atoms with van der Waals surface area (Å²) in [7, 11) is 0. The minimum Gasteiger partial charge on any atom is -0.384 e. The molecule has 1 aromatic carbocycles. The Morgan fingerprint density at radius 3 is 2.21 bits per heavy atom. The lowest BCUT2D eigenvalue weighted by atomic mass is 9.85. The molecule has 0 aromatic heterocycles. The van der Waals surface area contributed by atoms with Crippen LogP contribution in [0.5, 0.6) is 0 Å². The van der Waals surface area contributed by atoms with Crippen molar-refractivity contribution < 1.29 is 35.7 Å². The number of aryl methyl sites for hydroxylation is 1. The van der Waals surface area contributed by atoms with E-state index in [1.165, 1.54) is 25.1 Å². The molecule has 0 amide bonds. The van der Waals surface area contributed by atoms with E-state index in [1.54, 1.807) is 6.92 Å². The predicted molar refractivity (Wildman–Crippen MR) is 90.6 cm³/mol. The largest absolute Gasteiger partial charge is 0.435 e. The average Bonchev–Trinajstić information content (AvgIpc) is 2.58. The van der Waals surface area contributed by atoms with Crippen LogP contribution < -0.4 is 5.32 Å². The van der Waals surface area contributed by atoms with Gasteiger partial charge in [0.15, 0.2) is 0 Å². The lowest BCUT2D eigenvalue weighted by Gasteiger charge is -2.33. The fraction of sp³-hybridized carbons (Fsp3) is 0.444. The average molecular weight is 426 g/mol. The summed E-state index contributed by atoms with van der Waals surface area (Å²) in [6.45, 7) is 3.04. The van der Waals surface area contributed by atoms with Gasteiger partial charge >= 0.3 is 18.0 Å². The Bertz CT molecular complexity index is 843. The first-order valence-corrected chi connectivity index (χ1v) is 8.41. The maximum Gasteiger partial charge on any atom is 0.435 e. The summed E-state index contributed by atoms with van der Waals surface area (Å²) in [5, 5.41) is 13.5. The Labute approximate surface area is 161 Å². The highest BCUT2D eigenvalue weighted by Gasteiger charge is 2.74. The van der Waals surface area contributed by atoms with Crippen molar-refractivity contribution in [3.05, 3.63) is 62.9 Å². The highest BCUT2D eigenvalue weighted by molar-refractivity contribution is 5.42. The van der Waals surface area contributed by atoms with Gasteiger partial charge in [0.2, 0.25) is 0 Å². The summed E-state index contributed by atoms with van der Waals surface area (Å²) < 4.78 is 92.1. The van der Waals surface area contributed by atoms with Crippen molar-refractivity contribution in [2.24, 2.45) is 5.92 Å². The summed E-state index contributed by atoms with van der Waals surface area (Å²) in [5.41, 5.74) is -6.24. The molecule has 0 fully saturated rings. The van der Waals surface area contributed by atoms with Crippen molar-refractivity contribution in [1.82, 2.24) is 5.32 Å². The van der Waals surface area contributed by atoms with Crippen LogP contribution in [-0.4, -0.2) is 22.9 Å². The van der Waals surface area contributed by atoms with E-state index in [-0.39, 0.29) is 24.4 Å². The van der Waals surface area contributed by atoms with Crippen LogP contribution in [0.25, 0.3) is 0 Å². The third-order valence-electron chi connectivity index (χ3n) is 4.67.